The summed E-state index contributed by atoms with van der Waals surface area (Å²) in [5, 5.41) is 0. The Morgan fingerprint density at radius 1 is 1.25 bits per heavy atom. The lowest BCUT2D eigenvalue weighted by molar-refractivity contribution is -0.274. The Kier molecular flexibility index (Phi) is 4.21. The van der Waals surface area contributed by atoms with Gasteiger partial charge in [0.1, 0.15) is 5.75 Å². The Balaban J connectivity index is 2.25. The molecular formula is C11H12F3NO4S. The van der Waals surface area contributed by atoms with E-state index in [0.717, 1.165) is 23.0 Å². The Hall–Kier alpha value is -1.32. The van der Waals surface area contributed by atoms with Crippen molar-refractivity contribution in [2.24, 2.45) is 0 Å². The van der Waals surface area contributed by atoms with Gasteiger partial charge in [0.25, 0.3) is 10.0 Å². The van der Waals surface area contributed by atoms with Gasteiger partial charge in [0, 0.05) is 12.6 Å². The summed E-state index contributed by atoms with van der Waals surface area (Å²) in [5.41, 5.74) is 0. The predicted molar refractivity (Wildman–Crippen MR) is 62.2 cm³/mol. The second kappa shape index (κ2) is 5.58. The van der Waals surface area contributed by atoms with Crippen molar-refractivity contribution in [2.75, 3.05) is 13.2 Å². The van der Waals surface area contributed by atoms with Gasteiger partial charge >= 0.3 is 6.36 Å². The molecule has 0 bridgehead atoms. The molecule has 0 spiro atoms. The van der Waals surface area contributed by atoms with E-state index >= 15 is 0 Å². The molecule has 20 heavy (non-hydrogen) atoms. The highest BCUT2D eigenvalue weighted by molar-refractivity contribution is 7.89. The fraction of sp³-hybridized carbons (Fsp3) is 0.455. The molecule has 2 rings (SSSR count). The van der Waals surface area contributed by atoms with E-state index in [1.54, 1.807) is 0 Å². The molecule has 1 heterocycles. The van der Waals surface area contributed by atoms with E-state index in [9.17, 15) is 21.6 Å². The quantitative estimate of drug-likeness (QED) is 0.859. The molecule has 0 unspecified atom stereocenters. The first-order valence-electron chi connectivity index (χ1n) is 5.80. The lowest BCUT2D eigenvalue weighted by atomic mass is 10.3. The molecule has 1 fully saturated rings. The summed E-state index contributed by atoms with van der Waals surface area (Å²) in [6.45, 7) is 0.435. The molecular weight excluding hydrogens is 299 g/mol. The van der Waals surface area contributed by atoms with Crippen molar-refractivity contribution in [3.8, 4) is 5.75 Å². The smallest absolute Gasteiger partial charge is 0.406 e. The van der Waals surface area contributed by atoms with Crippen molar-refractivity contribution < 1.29 is 31.2 Å². The predicted octanol–water partition coefficient (Wildman–Crippen LogP) is 2.30. The number of hydroxylamine groups is 1. The first-order valence-corrected chi connectivity index (χ1v) is 7.24. The third kappa shape index (κ3) is 3.62. The molecule has 112 valence electrons. The van der Waals surface area contributed by atoms with Crippen molar-refractivity contribution in [3.63, 3.8) is 0 Å². The van der Waals surface area contributed by atoms with Gasteiger partial charge in [0.2, 0.25) is 0 Å². The van der Waals surface area contributed by atoms with Crippen molar-refractivity contribution in [2.45, 2.75) is 24.1 Å². The maximum Gasteiger partial charge on any atom is 0.573 e. The fourth-order valence-electron chi connectivity index (χ4n) is 1.71. The molecule has 0 N–H and O–H groups in total. The minimum Gasteiger partial charge on any atom is -0.406 e. The molecule has 1 aliphatic rings. The number of hydrogen-bond donors (Lipinski definition) is 0. The molecule has 0 amide bonds. The monoisotopic (exact) mass is 311 g/mol. The van der Waals surface area contributed by atoms with Crippen LogP contribution in [0.5, 0.6) is 5.75 Å². The average molecular weight is 311 g/mol. The lowest BCUT2D eigenvalue weighted by Crippen LogP contribution is -2.35. The minimum atomic E-state index is -4.87. The van der Waals surface area contributed by atoms with E-state index in [-0.39, 0.29) is 18.0 Å². The summed E-state index contributed by atoms with van der Waals surface area (Å²) >= 11 is 0. The van der Waals surface area contributed by atoms with Gasteiger partial charge in [-0.3, -0.25) is 4.84 Å². The summed E-state index contributed by atoms with van der Waals surface area (Å²) in [6.07, 6.45) is -3.49. The summed E-state index contributed by atoms with van der Waals surface area (Å²) < 4.78 is 65.2. The highest BCUT2D eigenvalue weighted by Crippen LogP contribution is 2.27. The van der Waals surface area contributed by atoms with Gasteiger partial charge in [-0.05, 0) is 25.0 Å². The van der Waals surface area contributed by atoms with Crippen molar-refractivity contribution in [3.05, 3.63) is 24.3 Å². The van der Waals surface area contributed by atoms with Crippen LogP contribution in [0, 0.1) is 0 Å². The van der Waals surface area contributed by atoms with Crippen LogP contribution >= 0.6 is 0 Å². The van der Waals surface area contributed by atoms with E-state index in [0.29, 0.717) is 6.42 Å². The third-order valence-electron chi connectivity index (χ3n) is 2.58. The van der Waals surface area contributed by atoms with Crippen LogP contribution in [0.2, 0.25) is 0 Å². The van der Waals surface area contributed by atoms with Gasteiger partial charge in [0.15, 0.2) is 0 Å². The maximum absolute atomic E-state index is 12.2. The number of rotatable bonds is 3. The van der Waals surface area contributed by atoms with Crippen molar-refractivity contribution >= 4 is 10.0 Å². The Morgan fingerprint density at radius 2 is 2.00 bits per heavy atom. The van der Waals surface area contributed by atoms with Crippen LogP contribution in [-0.2, 0) is 14.9 Å². The molecule has 1 saturated heterocycles. The first-order chi connectivity index (χ1) is 9.29. The van der Waals surface area contributed by atoms with Gasteiger partial charge in [0.05, 0.1) is 11.5 Å². The van der Waals surface area contributed by atoms with E-state index in [4.69, 9.17) is 4.84 Å². The average Bonchev–Trinajstić information content (AvgIpc) is 2.38. The van der Waals surface area contributed by atoms with Gasteiger partial charge < -0.3 is 4.74 Å². The zero-order chi connectivity index (χ0) is 14.8. The van der Waals surface area contributed by atoms with Crippen LogP contribution in [0.3, 0.4) is 0 Å². The molecule has 1 aromatic rings. The Labute approximate surface area is 113 Å². The van der Waals surface area contributed by atoms with Gasteiger partial charge in [-0.25, -0.2) is 8.42 Å². The number of ether oxygens (including phenoxy) is 1. The second-order valence-electron chi connectivity index (χ2n) is 4.09. The zero-order valence-corrected chi connectivity index (χ0v) is 11.1. The summed E-state index contributed by atoms with van der Waals surface area (Å²) in [7, 11) is -3.98. The van der Waals surface area contributed by atoms with E-state index in [1.807, 2.05) is 0 Å². The third-order valence-corrected chi connectivity index (χ3v) is 4.25. The van der Waals surface area contributed by atoms with Crippen LogP contribution in [0.15, 0.2) is 29.2 Å². The molecule has 0 atom stereocenters. The number of halogens is 3. The fourth-order valence-corrected chi connectivity index (χ4v) is 3.05. The molecule has 5 nitrogen and oxygen atoms in total. The molecule has 0 aromatic heterocycles. The number of benzene rings is 1. The van der Waals surface area contributed by atoms with Crippen molar-refractivity contribution in [1.82, 2.24) is 4.47 Å². The molecule has 0 aliphatic carbocycles. The van der Waals surface area contributed by atoms with Crippen LogP contribution in [-0.4, -0.2) is 32.4 Å². The van der Waals surface area contributed by atoms with Gasteiger partial charge in [-0.2, -0.15) is 0 Å². The highest BCUT2D eigenvalue weighted by Gasteiger charge is 2.32. The molecule has 1 aromatic carbocycles. The number of hydrogen-bond acceptors (Lipinski definition) is 4. The van der Waals surface area contributed by atoms with Crippen LogP contribution in [0.25, 0.3) is 0 Å². The van der Waals surface area contributed by atoms with E-state index in [2.05, 4.69) is 4.74 Å². The zero-order valence-electron chi connectivity index (χ0n) is 10.3. The lowest BCUT2D eigenvalue weighted by Gasteiger charge is -2.25. The molecule has 9 heteroatoms. The molecule has 0 saturated carbocycles. The Morgan fingerprint density at radius 3 is 2.60 bits per heavy atom. The minimum absolute atomic E-state index is 0.173. The first kappa shape index (κ1) is 15.1. The summed E-state index contributed by atoms with van der Waals surface area (Å²) in [5.74, 6) is -0.587. The van der Waals surface area contributed by atoms with Crippen LogP contribution in [0.1, 0.15) is 12.8 Å². The number of sulfonamides is 1. The standard InChI is InChI=1S/C11H12F3NO4S/c12-11(13,14)19-9-4-3-5-10(8-9)20(16,17)15-6-1-2-7-18-15/h3-5,8H,1-2,6-7H2. The number of nitrogens with zero attached hydrogens (tertiary/aromatic N) is 1. The van der Waals surface area contributed by atoms with E-state index in [1.165, 1.54) is 12.1 Å². The van der Waals surface area contributed by atoms with Crippen LogP contribution in [0.4, 0.5) is 13.2 Å². The maximum atomic E-state index is 12.2. The summed E-state index contributed by atoms with van der Waals surface area (Å²) in [6, 6.07) is 4.22. The Bertz CT molecular complexity index is 567. The molecule has 0 radical (unpaired) electrons. The summed E-state index contributed by atoms with van der Waals surface area (Å²) in [4.78, 5) is 4.72. The van der Waals surface area contributed by atoms with Crippen LogP contribution < -0.4 is 4.74 Å². The SMILES string of the molecule is O=S(=O)(c1cccc(OC(F)(F)F)c1)N1CCCCO1. The van der Waals surface area contributed by atoms with Crippen molar-refractivity contribution in [1.29, 1.82) is 0 Å². The molecule has 1 aliphatic heterocycles. The highest BCUT2D eigenvalue weighted by atomic mass is 32.2. The normalized spacial score (nSPS) is 17.9. The topological polar surface area (TPSA) is 55.8 Å². The van der Waals surface area contributed by atoms with Gasteiger partial charge in [-0.1, -0.05) is 10.5 Å². The number of alkyl halides is 3. The largest absolute Gasteiger partial charge is 0.573 e. The van der Waals surface area contributed by atoms with E-state index < -0.39 is 22.1 Å². The van der Waals surface area contributed by atoms with Gasteiger partial charge in [-0.15, -0.1) is 13.2 Å². The second-order valence-corrected chi connectivity index (χ2v) is 5.92.